The minimum absolute atomic E-state index is 0.226. The summed E-state index contributed by atoms with van der Waals surface area (Å²) in [6, 6.07) is 6.80. The molecule has 0 saturated carbocycles. The molecule has 0 unspecified atom stereocenters. The summed E-state index contributed by atoms with van der Waals surface area (Å²) < 4.78 is 10.7. The van der Waals surface area contributed by atoms with Gasteiger partial charge in [-0.15, -0.1) is 0 Å². The Balaban J connectivity index is 2.24. The molecule has 1 aromatic rings. The van der Waals surface area contributed by atoms with Crippen molar-refractivity contribution < 1.29 is 24.0 Å². The van der Waals surface area contributed by atoms with Crippen LogP contribution in [0.4, 0.5) is 0 Å². The molecule has 0 aliphatic rings. The number of rotatable bonds is 11. The lowest BCUT2D eigenvalue weighted by molar-refractivity contribution is -0.247. The second kappa shape index (κ2) is 11.1. The van der Waals surface area contributed by atoms with Crippen molar-refractivity contribution in [2.24, 2.45) is 0 Å². The van der Waals surface area contributed by atoms with Crippen molar-refractivity contribution in [1.82, 2.24) is 0 Å². The zero-order chi connectivity index (χ0) is 15.3. The molecular weight excluding hydrogens is 272 g/mol. The Labute approximate surface area is 126 Å². The summed E-state index contributed by atoms with van der Waals surface area (Å²) in [6.07, 6.45) is 3.05. The Morgan fingerprint density at radius 2 is 1.71 bits per heavy atom. The van der Waals surface area contributed by atoms with E-state index < -0.39 is 5.97 Å². The summed E-state index contributed by atoms with van der Waals surface area (Å²) in [5, 5.41) is 0. The minimum Gasteiger partial charge on any atom is -0.494 e. The number of benzene rings is 1. The van der Waals surface area contributed by atoms with Crippen LogP contribution in [0.15, 0.2) is 24.3 Å². The summed E-state index contributed by atoms with van der Waals surface area (Å²) in [5.41, 5.74) is 0.423. The SMILES string of the molecule is CCCCOc1ccc(C(=O)OOCCOCCC)cc1. The first-order valence-corrected chi connectivity index (χ1v) is 7.42. The molecule has 1 aromatic carbocycles. The molecule has 0 atom stereocenters. The van der Waals surface area contributed by atoms with Gasteiger partial charge in [0, 0.05) is 6.61 Å². The molecule has 0 bridgehead atoms. The van der Waals surface area contributed by atoms with Gasteiger partial charge in [-0.2, -0.15) is 4.89 Å². The quantitative estimate of drug-likeness (QED) is 0.356. The summed E-state index contributed by atoms with van der Waals surface area (Å²) in [7, 11) is 0. The number of hydrogen-bond acceptors (Lipinski definition) is 5. The maximum absolute atomic E-state index is 11.7. The summed E-state index contributed by atoms with van der Waals surface area (Å²) >= 11 is 0. The highest BCUT2D eigenvalue weighted by atomic mass is 17.2. The number of carbonyl (C=O) groups is 1. The fourth-order valence-corrected chi connectivity index (χ4v) is 1.50. The van der Waals surface area contributed by atoms with Gasteiger partial charge in [0.1, 0.15) is 12.4 Å². The lowest BCUT2D eigenvalue weighted by atomic mass is 10.2. The lowest BCUT2D eigenvalue weighted by Gasteiger charge is -2.06. The third-order valence-corrected chi connectivity index (χ3v) is 2.65. The Morgan fingerprint density at radius 3 is 2.38 bits per heavy atom. The van der Waals surface area contributed by atoms with Gasteiger partial charge in [-0.1, -0.05) is 20.3 Å². The number of carbonyl (C=O) groups excluding carboxylic acids is 1. The summed E-state index contributed by atoms with van der Waals surface area (Å²) in [5.74, 6) is 0.222. The Kier molecular flexibility index (Phi) is 9.24. The molecule has 0 saturated heterocycles. The van der Waals surface area contributed by atoms with E-state index >= 15 is 0 Å². The van der Waals surface area contributed by atoms with Crippen LogP contribution in [0.5, 0.6) is 5.75 Å². The average molecular weight is 296 g/mol. The van der Waals surface area contributed by atoms with Crippen LogP contribution in [0.3, 0.4) is 0 Å². The molecule has 0 aliphatic carbocycles. The highest BCUT2D eigenvalue weighted by Gasteiger charge is 2.08. The van der Waals surface area contributed by atoms with Crippen LogP contribution in [0.2, 0.25) is 0 Å². The highest BCUT2D eigenvalue weighted by molar-refractivity contribution is 5.89. The van der Waals surface area contributed by atoms with Crippen LogP contribution in [0.1, 0.15) is 43.5 Å². The Morgan fingerprint density at radius 1 is 0.952 bits per heavy atom. The smallest absolute Gasteiger partial charge is 0.373 e. The van der Waals surface area contributed by atoms with Crippen LogP contribution in [0, 0.1) is 0 Å². The first-order chi connectivity index (χ1) is 10.3. The zero-order valence-corrected chi connectivity index (χ0v) is 12.8. The Bertz CT molecular complexity index is 388. The van der Waals surface area contributed by atoms with Gasteiger partial charge in [-0.3, -0.25) is 4.89 Å². The molecule has 118 valence electrons. The van der Waals surface area contributed by atoms with E-state index in [2.05, 4.69) is 11.8 Å². The van der Waals surface area contributed by atoms with Gasteiger partial charge < -0.3 is 9.47 Å². The molecule has 21 heavy (non-hydrogen) atoms. The fourth-order valence-electron chi connectivity index (χ4n) is 1.50. The van der Waals surface area contributed by atoms with Gasteiger partial charge in [0.2, 0.25) is 0 Å². The van der Waals surface area contributed by atoms with Gasteiger partial charge in [0.05, 0.1) is 18.8 Å². The van der Waals surface area contributed by atoms with E-state index in [1.807, 2.05) is 6.92 Å². The first-order valence-electron chi connectivity index (χ1n) is 7.42. The molecule has 0 amide bonds. The molecule has 1 rings (SSSR count). The summed E-state index contributed by atoms with van der Waals surface area (Å²) in [4.78, 5) is 21.2. The second-order valence-corrected chi connectivity index (χ2v) is 4.53. The van der Waals surface area contributed by atoms with E-state index in [0.717, 1.165) is 25.0 Å². The number of hydrogen-bond donors (Lipinski definition) is 0. The van der Waals surface area contributed by atoms with Gasteiger partial charge in [0.15, 0.2) is 0 Å². The van der Waals surface area contributed by atoms with Gasteiger partial charge in [-0.05, 0) is 37.1 Å². The van der Waals surface area contributed by atoms with Crippen molar-refractivity contribution >= 4 is 5.97 Å². The molecule has 0 aromatic heterocycles. The molecular formula is C16H24O5. The molecule has 0 spiro atoms. The highest BCUT2D eigenvalue weighted by Crippen LogP contribution is 2.13. The van der Waals surface area contributed by atoms with Crippen molar-refractivity contribution in [1.29, 1.82) is 0 Å². The third kappa shape index (κ3) is 7.68. The van der Waals surface area contributed by atoms with Crippen molar-refractivity contribution in [3.05, 3.63) is 29.8 Å². The second-order valence-electron chi connectivity index (χ2n) is 4.53. The van der Waals surface area contributed by atoms with Crippen LogP contribution < -0.4 is 4.74 Å². The maximum Gasteiger partial charge on any atom is 0.373 e. The topological polar surface area (TPSA) is 54.0 Å². The van der Waals surface area contributed by atoms with Crippen molar-refractivity contribution in [3.8, 4) is 5.75 Å². The Hall–Kier alpha value is -1.59. The molecule has 0 aliphatic heterocycles. The third-order valence-electron chi connectivity index (χ3n) is 2.65. The van der Waals surface area contributed by atoms with E-state index in [9.17, 15) is 4.79 Å². The van der Waals surface area contributed by atoms with E-state index in [1.165, 1.54) is 0 Å². The normalized spacial score (nSPS) is 10.4. The van der Waals surface area contributed by atoms with E-state index in [0.29, 0.717) is 25.4 Å². The lowest BCUT2D eigenvalue weighted by Crippen LogP contribution is -2.10. The number of unbranched alkanes of at least 4 members (excludes halogenated alkanes) is 1. The maximum atomic E-state index is 11.7. The molecule has 5 heteroatoms. The predicted octanol–water partition coefficient (Wildman–Crippen LogP) is 3.38. The van der Waals surface area contributed by atoms with Crippen LogP contribution in [-0.4, -0.2) is 32.4 Å². The van der Waals surface area contributed by atoms with Crippen LogP contribution in [-0.2, 0) is 14.5 Å². The fraction of sp³-hybridized carbons (Fsp3) is 0.562. The first kappa shape index (κ1) is 17.5. The predicted molar refractivity (Wildman–Crippen MR) is 79.3 cm³/mol. The van der Waals surface area contributed by atoms with E-state index in [-0.39, 0.29) is 6.61 Å². The average Bonchev–Trinajstić information content (AvgIpc) is 2.51. The minimum atomic E-state index is -0.523. The van der Waals surface area contributed by atoms with Crippen molar-refractivity contribution in [2.75, 3.05) is 26.4 Å². The number of ether oxygens (including phenoxy) is 2. The van der Waals surface area contributed by atoms with Crippen molar-refractivity contribution in [2.45, 2.75) is 33.1 Å². The van der Waals surface area contributed by atoms with Gasteiger partial charge in [-0.25, -0.2) is 4.79 Å². The molecule has 0 N–H and O–H groups in total. The largest absolute Gasteiger partial charge is 0.494 e. The molecule has 0 radical (unpaired) electrons. The van der Waals surface area contributed by atoms with E-state index in [1.54, 1.807) is 24.3 Å². The van der Waals surface area contributed by atoms with Crippen LogP contribution in [0.25, 0.3) is 0 Å². The van der Waals surface area contributed by atoms with Gasteiger partial charge in [0.25, 0.3) is 0 Å². The standard InChI is InChI=1S/C16H24O5/c1-3-5-11-19-15-8-6-14(7-9-15)16(17)21-20-13-12-18-10-4-2/h6-9H,3-5,10-13H2,1-2H3. The molecule has 0 heterocycles. The monoisotopic (exact) mass is 296 g/mol. The van der Waals surface area contributed by atoms with Crippen LogP contribution >= 0.6 is 0 Å². The zero-order valence-electron chi connectivity index (χ0n) is 12.8. The van der Waals surface area contributed by atoms with E-state index in [4.69, 9.17) is 14.4 Å². The van der Waals surface area contributed by atoms with Crippen molar-refractivity contribution in [3.63, 3.8) is 0 Å². The molecule has 5 nitrogen and oxygen atoms in total. The van der Waals surface area contributed by atoms with Gasteiger partial charge >= 0.3 is 5.97 Å². The summed E-state index contributed by atoms with van der Waals surface area (Å²) in [6.45, 7) is 6.12. The molecule has 0 fully saturated rings.